The summed E-state index contributed by atoms with van der Waals surface area (Å²) in [5, 5.41) is 13.6. The lowest BCUT2D eigenvalue weighted by molar-refractivity contribution is 1.09. The molecule has 15 heavy (non-hydrogen) atoms. The molecular formula is C9H7Cl2N3S. The minimum atomic E-state index is 0.523. The number of rotatable bonds is 2. The smallest absolute Gasteiger partial charge is 0.205 e. The van der Waals surface area contributed by atoms with Gasteiger partial charge in [-0.2, -0.15) is 0 Å². The predicted octanol–water partition coefficient (Wildman–Crippen LogP) is 3.55. The minimum absolute atomic E-state index is 0.523. The van der Waals surface area contributed by atoms with Gasteiger partial charge in [0.05, 0.1) is 10.0 Å². The third kappa shape index (κ3) is 2.22. The van der Waals surface area contributed by atoms with Gasteiger partial charge in [-0.1, -0.05) is 40.6 Å². The van der Waals surface area contributed by atoms with Gasteiger partial charge in [0, 0.05) is 12.6 Å². The van der Waals surface area contributed by atoms with Crippen LogP contribution in [0.25, 0.3) is 10.6 Å². The standard InChI is InChI=1S/C9H7Cl2N3S/c1-12-9-14-13-8(15-9)5-2-3-6(10)7(11)4-5/h2-4H,1H3,(H,12,14). The van der Waals surface area contributed by atoms with Crippen LogP contribution in [0.3, 0.4) is 0 Å². The molecular weight excluding hydrogens is 253 g/mol. The number of aromatic nitrogens is 2. The van der Waals surface area contributed by atoms with Gasteiger partial charge >= 0.3 is 0 Å². The van der Waals surface area contributed by atoms with Gasteiger partial charge < -0.3 is 5.32 Å². The van der Waals surface area contributed by atoms with Crippen molar-refractivity contribution in [1.82, 2.24) is 10.2 Å². The molecule has 0 unspecified atom stereocenters. The average molecular weight is 260 g/mol. The number of hydrogen-bond acceptors (Lipinski definition) is 4. The molecule has 0 aliphatic heterocycles. The van der Waals surface area contributed by atoms with Crippen LogP contribution in [-0.2, 0) is 0 Å². The normalized spacial score (nSPS) is 10.3. The van der Waals surface area contributed by atoms with Crippen molar-refractivity contribution >= 4 is 39.7 Å². The predicted molar refractivity (Wildman–Crippen MR) is 64.9 cm³/mol. The van der Waals surface area contributed by atoms with Gasteiger partial charge in [-0.15, -0.1) is 10.2 Å². The zero-order chi connectivity index (χ0) is 10.8. The van der Waals surface area contributed by atoms with Crippen LogP contribution in [0.15, 0.2) is 18.2 Å². The molecule has 2 rings (SSSR count). The fraction of sp³-hybridized carbons (Fsp3) is 0.111. The van der Waals surface area contributed by atoms with E-state index in [4.69, 9.17) is 23.2 Å². The molecule has 0 radical (unpaired) electrons. The van der Waals surface area contributed by atoms with Crippen molar-refractivity contribution in [2.24, 2.45) is 0 Å². The number of hydrogen-bond donors (Lipinski definition) is 1. The second kappa shape index (κ2) is 4.35. The Kier molecular flexibility index (Phi) is 3.09. The van der Waals surface area contributed by atoms with Gasteiger partial charge in [-0.25, -0.2) is 0 Å². The van der Waals surface area contributed by atoms with Crippen molar-refractivity contribution in [2.45, 2.75) is 0 Å². The number of nitrogens with zero attached hydrogens (tertiary/aromatic N) is 2. The summed E-state index contributed by atoms with van der Waals surface area (Å²) >= 11 is 13.2. The van der Waals surface area contributed by atoms with Crippen LogP contribution >= 0.6 is 34.5 Å². The van der Waals surface area contributed by atoms with Crippen LogP contribution in [-0.4, -0.2) is 17.2 Å². The molecule has 0 saturated heterocycles. The van der Waals surface area contributed by atoms with E-state index in [1.165, 1.54) is 11.3 Å². The van der Waals surface area contributed by atoms with Crippen molar-refractivity contribution in [3.05, 3.63) is 28.2 Å². The number of halogens is 2. The fourth-order valence-electron chi connectivity index (χ4n) is 1.07. The monoisotopic (exact) mass is 259 g/mol. The molecule has 1 aromatic heterocycles. The molecule has 3 nitrogen and oxygen atoms in total. The Labute approximate surface area is 101 Å². The maximum Gasteiger partial charge on any atom is 0.205 e. The molecule has 0 fully saturated rings. The van der Waals surface area contributed by atoms with Gasteiger partial charge in [0.15, 0.2) is 0 Å². The highest BCUT2D eigenvalue weighted by Crippen LogP contribution is 2.31. The SMILES string of the molecule is CNc1nnc(-c2ccc(Cl)c(Cl)c2)s1. The van der Waals surface area contributed by atoms with Crippen LogP contribution < -0.4 is 5.32 Å². The zero-order valence-electron chi connectivity index (χ0n) is 7.79. The molecule has 0 bridgehead atoms. The van der Waals surface area contributed by atoms with E-state index in [1.54, 1.807) is 19.2 Å². The summed E-state index contributed by atoms with van der Waals surface area (Å²) in [5.41, 5.74) is 0.920. The zero-order valence-corrected chi connectivity index (χ0v) is 10.1. The van der Waals surface area contributed by atoms with Gasteiger partial charge in [0.25, 0.3) is 0 Å². The molecule has 6 heteroatoms. The average Bonchev–Trinajstić information content (AvgIpc) is 2.70. The molecule has 78 valence electrons. The molecule has 0 aliphatic rings. The molecule has 2 aromatic rings. The first-order valence-corrected chi connectivity index (χ1v) is 5.74. The van der Waals surface area contributed by atoms with Crippen molar-refractivity contribution < 1.29 is 0 Å². The van der Waals surface area contributed by atoms with E-state index >= 15 is 0 Å². The maximum atomic E-state index is 5.91. The van der Waals surface area contributed by atoms with E-state index in [-0.39, 0.29) is 0 Å². The van der Waals surface area contributed by atoms with E-state index in [2.05, 4.69) is 15.5 Å². The second-order valence-electron chi connectivity index (χ2n) is 2.79. The number of benzene rings is 1. The maximum absolute atomic E-state index is 5.91. The van der Waals surface area contributed by atoms with Crippen molar-refractivity contribution in [3.63, 3.8) is 0 Å². The number of anilines is 1. The van der Waals surface area contributed by atoms with E-state index in [9.17, 15) is 0 Å². The molecule has 1 N–H and O–H groups in total. The Hall–Kier alpha value is -0.840. The van der Waals surface area contributed by atoms with Crippen molar-refractivity contribution in [1.29, 1.82) is 0 Å². The van der Waals surface area contributed by atoms with E-state index in [0.29, 0.717) is 10.0 Å². The highest BCUT2D eigenvalue weighted by molar-refractivity contribution is 7.18. The molecule has 0 aliphatic carbocycles. The Bertz CT molecular complexity index is 484. The Morgan fingerprint density at radius 2 is 2.00 bits per heavy atom. The van der Waals surface area contributed by atoms with Gasteiger partial charge in [0.2, 0.25) is 5.13 Å². The third-order valence-corrected chi connectivity index (χ3v) is 3.53. The number of nitrogens with one attached hydrogen (secondary N) is 1. The summed E-state index contributed by atoms with van der Waals surface area (Å²) < 4.78 is 0. The van der Waals surface area contributed by atoms with Gasteiger partial charge in [-0.05, 0) is 12.1 Å². The Balaban J connectivity index is 2.40. The Morgan fingerprint density at radius 1 is 1.20 bits per heavy atom. The van der Waals surface area contributed by atoms with Crippen LogP contribution in [0, 0.1) is 0 Å². The summed E-state index contributed by atoms with van der Waals surface area (Å²) in [4.78, 5) is 0. The summed E-state index contributed by atoms with van der Waals surface area (Å²) in [6, 6.07) is 5.40. The molecule has 0 atom stereocenters. The topological polar surface area (TPSA) is 37.8 Å². The first-order valence-electron chi connectivity index (χ1n) is 4.17. The van der Waals surface area contributed by atoms with Crippen LogP contribution in [0.2, 0.25) is 10.0 Å². The third-order valence-electron chi connectivity index (χ3n) is 1.81. The van der Waals surface area contributed by atoms with Crippen molar-refractivity contribution in [2.75, 3.05) is 12.4 Å². The first kappa shape index (κ1) is 10.7. The van der Waals surface area contributed by atoms with Crippen LogP contribution in [0.4, 0.5) is 5.13 Å². The van der Waals surface area contributed by atoms with Crippen LogP contribution in [0.5, 0.6) is 0 Å². The quantitative estimate of drug-likeness (QED) is 0.897. The molecule has 0 saturated carbocycles. The molecule has 0 spiro atoms. The highest BCUT2D eigenvalue weighted by Gasteiger charge is 2.07. The molecule has 1 aromatic carbocycles. The lowest BCUT2D eigenvalue weighted by atomic mass is 10.2. The van der Waals surface area contributed by atoms with E-state index in [1.807, 2.05) is 6.07 Å². The fourth-order valence-corrected chi connectivity index (χ4v) is 2.06. The molecule has 0 amide bonds. The Morgan fingerprint density at radius 3 is 2.60 bits per heavy atom. The van der Waals surface area contributed by atoms with Gasteiger partial charge in [0.1, 0.15) is 5.01 Å². The van der Waals surface area contributed by atoms with Crippen LogP contribution in [0.1, 0.15) is 0 Å². The highest BCUT2D eigenvalue weighted by atomic mass is 35.5. The lowest BCUT2D eigenvalue weighted by Crippen LogP contribution is -1.84. The lowest BCUT2D eigenvalue weighted by Gasteiger charge is -1.97. The van der Waals surface area contributed by atoms with Gasteiger partial charge in [-0.3, -0.25) is 0 Å². The second-order valence-corrected chi connectivity index (χ2v) is 4.58. The van der Waals surface area contributed by atoms with E-state index < -0.39 is 0 Å². The summed E-state index contributed by atoms with van der Waals surface area (Å²) in [7, 11) is 1.80. The van der Waals surface area contributed by atoms with Crippen molar-refractivity contribution in [3.8, 4) is 10.6 Å². The first-order chi connectivity index (χ1) is 7.20. The summed E-state index contributed by atoms with van der Waals surface area (Å²) in [6.07, 6.45) is 0. The summed E-state index contributed by atoms with van der Waals surface area (Å²) in [6.45, 7) is 0. The largest absolute Gasteiger partial charge is 0.363 e. The molecule has 1 heterocycles. The summed E-state index contributed by atoms with van der Waals surface area (Å²) in [5.74, 6) is 0. The minimum Gasteiger partial charge on any atom is -0.363 e. The van der Waals surface area contributed by atoms with E-state index in [0.717, 1.165) is 15.7 Å².